The molecule has 0 spiro atoms. The molecule has 3 aromatic rings. The number of hydrogen-bond donors (Lipinski definition) is 2. The lowest BCUT2D eigenvalue weighted by atomic mass is 10.1. The molecule has 6 nitrogen and oxygen atoms in total. The molecule has 0 bridgehead atoms. The predicted molar refractivity (Wildman–Crippen MR) is 115 cm³/mol. The molecule has 6 heteroatoms. The van der Waals surface area contributed by atoms with E-state index in [4.69, 9.17) is 4.74 Å². The number of amides is 2. The van der Waals surface area contributed by atoms with Gasteiger partial charge in [-0.25, -0.2) is 4.79 Å². The standard InChI is InChI=1S/C24H25N3O3/c28-23(26-16-14-21-13-7-8-15-25-21)22(17-19-9-3-1-4-10-19)27-24(29)30-18-20-11-5-2-6-12-20/h1-13,15,22H,14,16-18H2,(H,26,28)(H,27,29). The second kappa shape index (κ2) is 11.4. The van der Waals surface area contributed by atoms with Gasteiger partial charge in [0.1, 0.15) is 12.6 Å². The third kappa shape index (κ3) is 7.05. The molecule has 1 aromatic heterocycles. The summed E-state index contributed by atoms with van der Waals surface area (Å²) in [6.07, 6.45) is 2.08. The van der Waals surface area contributed by atoms with Crippen molar-refractivity contribution in [1.29, 1.82) is 0 Å². The molecule has 0 aliphatic heterocycles. The van der Waals surface area contributed by atoms with Crippen LogP contribution in [0.1, 0.15) is 16.8 Å². The van der Waals surface area contributed by atoms with E-state index in [2.05, 4.69) is 15.6 Å². The van der Waals surface area contributed by atoms with Gasteiger partial charge in [-0.05, 0) is 23.3 Å². The van der Waals surface area contributed by atoms with Crippen LogP contribution in [0.2, 0.25) is 0 Å². The van der Waals surface area contributed by atoms with Gasteiger partial charge in [0.15, 0.2) is 0 Å². The van der Waals surface area contributed by atoms with E-state index in [1.807, 2.05) is 78.9 Å². The van der Waals surface area contributed by atoms with Crippen LogP contribution < -0.4 is 10.6 Å². The average Bonchev–Trinajstić information content (AvgIpc) is 2.79. The molecule has 0 fully saturated rings. The molecule has 2 N–H and O–H groups in total. The molecule has 1 heterocycles. The van der Waals surface area contributed by atoms with Crippen LogP contribution in [0.15, 0.2) is 85.1 Å². The average molecular weight is 403 g/mol. The lowest BCUT2D eigenvalue weighted by molar-refractivity contribution is -0.123. The van der Waals surface area contributed by atoms with E-state index in [1.54, 1.807) is 6.20 Å². The molecular weight excluding hydrogens is 378 g/mol. The van der Waals surface area contributed by atoms with Crippen molar-refractivity contribution in [3.63, 3.8) is 0 Å². The molecule has 30 heavy (non-hydrogen) atoms. The lowest BCUT2D eigenvalue weighted by Gasteiger charge is -2.18. The minimum absolute atomic E-state index is 0.145. The SMILES string of the molecule is O=C(NC(Cc1ccccc1)C(=O)NCCc1ccccn1)OCc1ccccc1. The molecule has 154 valence electrons. The Morgan fingerprint density at radius 1 is 0.867 bits per heavy atom. The lowest BCUT2D eigenvalue weighted by Crippen LogP contribution is -2.48. The van der Waals surface area contributed by atoms with Gasteiger partial charge in [-0.1, -0.05) is 66.7 Å². The van der Waals surface area contributed by atoms with Crippen molar-refractivity contribution >= 4 is 12.0 Å². The summed E-state index contributed by atoms with van der Waals surface area (Å²) in [4.78, 5) is 29.3. The number of carbonyl (C=O) groups excluding carboxylic acids is 2. The number of benzene rings is 2. The number of nitrogens with zero attached hydrogens (tertiary/aromatic N) is 1. The highest BCUT2D eigenvalue weighted by Gasteiger charge is 2.21. The predicted octanol–water partition coefficient (Wildman–Crippen LogP) is 3.28. The number of rotatable bonds is 9. The largest absolute Gasteiger partial charge is 0.445 e. The first-order valence-electron chi connectivity index (χ1n) is 9.89. The first-order valence-corrected chi connectivity index (χ1v) is 9.89. The van der Waals surface area contributed by atoms with Gasteiger partial charge in [-0.3, -0.25) is 9.78 Å². The molecular formula is C24H25N3O3. The summed E-state index contributed by atoms with van der Waals surface area (Å²) in [6.45, 7) is 0.577. The number of ether oxygens (including phenoxy) is 1. The second-order valence-electron chi connectivity index (χ2n) is 6.81. The van der Waals surface area contributed by atoms with Crippen LogP contribution in [0, 0.1) is 0 Å². The summed E-state index contributed by atoms with van der Waals surface area (Å²) in [5.74, 6) is -0.258. The van der Waals surface area contributed by atoms with Gasteiger partial charge in [-0.15, -0.1) is 0 Å². The van der Waals surface area contributed by atoms with Crippen LogP contribution in [0.5, 0.6) is 0 Å². The highest BCUT2D eigenvalue weighted by Crippen LogP contribution is 2.05. The van der Waals surface area contributed by atoms with E-state index in [9.17, 15) is 9.59 Å². The smallest absolute Gasteiger partial charge is 0.408 e. The Bertz CT molecular complexity index is 918. The van der Waals surface area contributed by atoms with Gasteiger partial charge in [0, 0.05) is 31.3 Å². The molecule has 0 saturated heterocycles. The van der Waals surface area contributed by atoms with Gasteiger partial charge >= 0.3 is 6.09 Å². The zero-order valence-electron chi connectivity index (χ0n) is 16.7. The zero-order valence-corrected chi connectivity index (χ0v) is 16.7. The quantitative estimate of drug-likeness (QED) is 0.575. The van der Waals surface area contributed by atoms with Crippen molar-refractivity contribution in [3.8, 4) is 0 Å². The Hall–Kier alpha value is -3.67. The Labute approximate surface area is 176 Å². The maximum absolute atomic E-state index is 12.7. The van der Waals surface area contributed by atoms with Gasteiger partial charge in [-0.2, -0.15) is 0 Å². The summed E-state index contributed by atoms with van der Waals surface area (Å²) in [6, 6.07) is 23.9. The van der Waals surface area contributed by atoms with Crippen molar-refractivity contribution in [3.05, 3.63) is 102 Å². The normalized spacial score (nSPS) is 11.3. The minimum atomic E-state index is -0.737. The molecule has 3 rings (SSSR count). The van der Waals surface area contributed by atoms with Crippen molar-refractivity contribution in [2.24, 2.45) is 0 Å². The maximum Gasteiger partial charge on any atom is 0.408 e. The summed E-state index contributed by atoms with van der Waals surface area (Å²) in [5, 5.41) is 5.58. The van der Waals surface area contributed by atoms with E-state index in [0.29, 0.717) is 19.4 Å². The van der Waals surface area contributed by atoms with Crippen molar-refractivity contribution in [1.82, 2.24) is 15.6 Å². The van der Waals surface area contributed by atoms with Gasteiger partial charge in [0.25, 0.3) is 0 Å². The Morgan fingerprint density at radius 2 is 1.53 bits per heavy atom. The summed E-state index contributed by atoms with van der Waals surface area (Å²) in [5.41, 5.74) is 2.73. The molecule has 0 aliphatic rings. The number of aromatic nitrogens is 1. The fourth-order valence-corrected chi connectivity index (χ4v) is 2.95. The van der Waals surface area contributed by atoms with E-state index >= 15 is 0 Å². The molecule has 2 amide bonds. The number of pyridine rings is 1. The van der Waals surface area contributed by atoms with Gasteiger partial charge < -0.3 is 15.4 Å². The Kier molecular flexibility index (Phi) is 7.97. The van der Waals surface area contributed by atoms with Crippen molar-refractivity contribution < 1.29 is 14.3 Å². The fourth-order valence-electron chi connectivity index (χ4n) is 2.95. The Morgan fingerprint density at radius 3 is 2.20 bits per heavy atom. The number of nitrogens with one attached hydrogen (secondary N) is 2. The third-order valence-corrected chi connectivity index (χ3v) is 4.51. The fraction of sp³-hybridized carbons (Fsp3) is 0.208. The van der Waals surface area contributed by atoms with Gasteiger partial charge in [0.2, 0.25) is 5.91 Å². The maximum atomic E-state index is 12.7. The van der Waals surface area contributed by atoms with E-state index in [1.165, 1.54) is 0 Å². The molecule has 2 aromatic carbocycles. The second-order valence-corrected chi connectivity index (χ2v) is 6.81. The van der Waals surface area contributed by atoms with Crippen LogP contribution >= 0.6 is 0 Å². The highest BCUT2D eigenvalue weighted by molar-refractivity contribution is 5.85. The van der Waals surface area contributed by atoms with Crippen LogP contribution in [0.25, 0.3) is 0 Å². The minimum Gasteiger partial charge on any atom is -0.445 e. The van der Waals surface area contributed by atoms with E-state index in [-0.39, 0.29) is 12.5 Å². The van der Waals surface area contributed by atoms with E-state index in [0.717, 1.165) is 16.8 Å². The molecule has 0 radical (unpaired) electrons. The van der Waals surface area contributed by atoms with Crippen molar-refractivity contribution in [2.45, 2.75) is 25.5 Å². The zero-order chi connectivity index (χ0) is 21.0. The van der Waals surface area contributed by atoms with E-state index < -0.39 is 12.1 Å². The summed E-state index contributed by atoms with van der Waals surface area (Å²) >= 11 is 0. The third-order valence-electron chi connectivity index (χ3n) is 4.51. The first kappa shape index (κ1) is 21.0. The molecule has 0 aliphatic carbocycles. The number of hydrogen-bond acceptors (Lipinski definition) is 4. The van der Waals surface area contributed by atoms with Gasteiger partial charge in [0.05, 0.1) is 0 Å². The highest BCUT2D eigenvalue weighted by atomic mass is 16.5. The van der Waals surface area contributed by atoms with Crippen LogP contribution in [0.3, 0.4) is 0 Å². The van der Waals surface area contributed by atoms with Crippen LogP contribution in [-0.4, -0.2) is 29.6 Å². The molecule has 1 unspecified atom stereocenters. The summed E-state index contributed by atoms with van der Waals surface area (Å²) in [7, 11) is 0. The monoisotopic (exact) mass is 403 g/mol. The number of alkyl carbamates (subject to hydrolysis) is 1. The Balaban J connectivity index is 1.56. The van der Waals surface area contributed by atoms with Crippen LogP contribution in [-0.2, 0) is 29.0 Å². The molecule has 1 atom stereocenters. The first-order chi connectivity index (χ1) is 14.7. The topological polar surface area (TPSA) is 80.3 Å². The molecule has 0 saturated carbocycles. The number of carbonyl (C=O) groups is 2. The summed E-state index contributed by atoms with van der Waals surface area (Å²) < 4.78 is 5.28. The van der Waals surface area contributed by atoms with Crippen LogP contribution in [0.4, 0.5) is 4.79 Å². The van der Waals surface area contributed by atoms with Crippen molar-refractivity contribution in [2.75, 3.05) is 6.54 Å².